The van der Waals surface area contributed by atoms with Crippen LogP contribution >= 0.6 is 35.0 Å². The molecule has 3 heterocycles. The molecule has 0 atom stereocenters. The fraction of sp³-hybridized carbons (Fsp3) is 0.370. The minimum absolute atomic E-state index is 0.0169. The van der Waals surface area contributed by atoms with E-state index in [-0.39, 0.29) is 12.5 Å². The number of para-hydroxylation sites is 2. The van der Waals surface area contributed by atoms with Crippen molar-refractivity contribution in [3.05, 3.63) is 149 Å². The summed E-state index contributed by atoms with van der Waals surface area (Å²) in [7, 11) is 4.45. The number of hydrogen-bond acceptors (Lipinski definition) is 7. The first kappa shape index (κ1) is 49.6. The van der Waals surface area contributed by atoms with Crippen LogP contribution in [0.1, 0.15) is 61.9 Å². The Morgan fingerprint density at radius 1 is 0.881 bits per heavy atom. The molecular weight excluding hydrogens is 896 g/mol. The Bertz CT molecular complexity index is 2590. The third kappa shape index (κ3) is 13.7. The summed E-state index contributed by atoms with van der Waals surface area (Å²) in [5, 5.41) is 14.5. The van der Waals surface area contributed by atoms with Gasteiger partial charge in [-0.25, -0.2) is 4.57 Å². The molecule has 6 aromatic rings. The molecule has 4 aromatic carbocycles. The van der Waals surface area contributed by atoms with Crippen LogP contribution in [0.2, 0.25) is 0 Å². The summed E-state index contributed by atoms with van der Waals surface area (Å²) >= 11 is 13.7. The molecule has 1 aliphatic rings. The maximum atomic E-state index is 12.4. The van der Waals surface area contributed by atoms with E-state index in [1.54, 1.807) is 0 Å². The summed E-state index contributed by atoms with van der Waals surface area (Å²) < 4.78 is 10.9. The SMILES string of the molecule is CC[N+](C)(CC)Cc1ccc(C(=C\c2cc[n+](C)c3ccccc23)/C=C2\Sc3ccccc3N2CCc2cn(CCCCCCNC(=O)COc3ccc(N(CCCl)CCCl)cc3)nn2)cc1. The number of halogens is 2. The van der Waals surface area contributed by atoms with E-state index in [9.17, 15) is 4.79 Å². The second-order valence-electron chi connectivity index (χ2n) is 17.4. The minimum Gasteiger partial charge on any atom is -0.484 e. The third-order valence-electron chi connectivity index (χ3n) is 12.8. The zero-order chi connectivity index (χ0) is 47.0. The van der Waals surface area contributed by atoms with Gasteiger partial charge in [0.1, 0.15) is 19.3 Å². The number of thioether (sulfide) groups is 1. The van der Waals surface area contributed by atoms with Crippen molar-refractivity contribution in [2.24, 2.45) is 7.05 Å². The predicted octanol–water partition coefficient (Wildman–Crippen LogP) is 10.5. The summed E-state index contributed by atoms with van der Waals surface area (Å²) in [6.45, 7) is 11.4. The lowest BCUT2D eigenvalue weighted by Crippen LogP contribution is -2.42. The van der Waals surface area contributed by atoms with Gasteiger partial charge in [0.2, 0.25) is 5.52 Å². The molecule has 0 fully saturated rings. The van der Waals surface area contributed by atoms with Gasteiger partial charge in [-0.15, -0.1) is 28.3 Å². The van der Waals surface area contributed by atoms with E-state index in [2.05, 4.69) is 161 Å². The molecule has 1 amide bonds. The molecule has 0 radical (unpaired) electrons. The highest BCUT2D eigenvalue weighted by Gasteiger charge is 2.26. The van der Waals surface area contributed by atoms with Crippen molar-refractivity contribution in [1.29, 1.82) is 0 Å². The van der Waals surface area contributed by atoms with Crippen molar-refractivity contribution in [1.82, 2.24) is 20.3 Å². The Morgan fingerprint density at radius 3 is 2.37 bits per heavy atom. The van der Waals surface area contributed by atoms with E-state index in [0.29, 0.717) is 24.1 Å². The summed E-state index contributed by atoms with van der Waals surface area (Å²) in [6, 6.07) is 36.4. The number of nitrogens with zero attached hydrogens (tertiary/aromatic N) is 7. The van der Waals surface area contributed by atoms with Crippen LogP contribution in [0.5, 0.6) is 5.75 Å². The molecule has 2 aromatic heterocycles. The highest BCUT2D eigenvalue weighted by molar-refractivity contribution is 8.03. The number of nitrogens with one attached hydrogen (secondary N) is 1. The van der Waals surface area contributed by atoms with Gasteiger partial charge in [-0.1, -0.05) is 78.3 Å². The molecule has 7 rings (SSSR count). The van der Waals surface area contributed by atoms with Crippen LogP contribution in [0.3, 0.4) is 0 Å². The molecular formula is C54H66Cl2N8O2S+2. The lowest BCUT2D eigenvalue weighted by molar-refractivity contribution is -0.919. The number of hydrogen-bond donors (Lipinski definition) is 1. The van der Waals surface area contributed by atoms with E-state index in [0.717, 1.165) is 93.8 Å². The number of allylic oxidation sites excluding steroid dienone is 2. The normalized spacial score (nSPS) is 13.4. The summed E-state index contributed by atoms with van der Waals surface area (Å²) in [6.07, 6.45) is 13.7. The van der Waals surface area contributed by atoms with E-state index in [4.69, 9.17) is 27.9 Å². The topological polar surface area (TPSA) is 79.4 Å². The first-order valence-electron chi connectivity index (χ1n) is 23.7. The van der Waals surface area contributed by atoms with E-state index < -0.39 is 0 Å². The Balaban J connectivity index is 0.938. The number of pyridine rings is 1. The van der Waals surface area contributed by atoms with Gasteiger partial charge in [-0.2, -0.15) is 0 Å². The molecule has 352 valence electrons. The molecule has 10 nitrogen and oxygen atoms in total. The van der Waals surface area contributed by atoms with Crippen molar-refractivity contribution < 1.29 is 18.6 Å². The number of quaternary nitrogens is 1. The Labute approximate surface area is 411 Å². The fourth-order valence-electron chi connectivity index (χ4n) is 8.40. The zero-order valence-electron chi connectivity index (χ0n) is 39.5. The second kappa shape index (κ2) is 24.6. The zero-order valence-corrected chi connectivity index (χ0v) is 41.9. The number of amides is 1. The van der Waals surface area contributed by atoms with Crippen molar-refractivity contribution in [2.75, 3.05) is 74.5 Å². The molecule has 0 bridgehead atoms. The fourth-order valence-corrected chi connectivity index (χ4v) is 9.95. The molecule has 0 aliphatic carbocycles. The number of rotatable bonds is 25. The number of alkyl halides is 2. The first-order valence-corrected chi connectivity index (χ1v) is 25.6. The van der Waals surface area contributed by atoms with Crippen LogP contribution in [-0.4, -0.2) is 90.1 Å². The lowest BCUT2D eigenvalue weighted by atomic mass is 9.99. The number of anilines is 2. The maximum absolute atomic E-state index is 12.4. The van der Waals surface area contributed by atoms with Crippen LogP contribution in [0.4, 0.5) is 11.4 Å². The minimum atomic E-state index is -0.123. The number of aromatic nitrogens is 4. The Morgan fingerprint density at radius 2 is 1.61 bits per heavy atom. The average molecular weight is 962 g/mol. The first-order chi connectivity index (χ1) is 32.7. The van der Waals surface area contributed by atoms with E-state index in [1.807, 2.05) is 40.7 Å². The molecule has 0 saturated carbocycles. The number of unbranched alkanes of at least 4 members (excludes halogenated alkanes) is 3. The van der Waals surface area contributed by atoms with Gasteiger partial charge in [-0.05, 0) is 98.0 Å². The van der Waals surface area contributed by atoms with Crippen LogP contribution < -0.4 is 24.4 Å². The average Bonchev–Trinajstić information content (AvgIpc) is 3.96. The van der Waals surface area contributed by atoms with Crippen LogP contribution in [0.15, 0.2) is 132 Å². The highest BCUT2D eigenvalue weighted by Crippen LogP contribution is 2.47. The molecule has 1 N–H and O–H groups in total. The van der Waals surface area contributed by atoms with Crippen molar-refractivity contribution in [3.63, 3.8) is 0 Å². The van der Waals surface area contributed by atoms with Gasteiger partial charge in [0.05, 0.1) is 41.9 Å². The number of aryl methyl sites for hydroxylation is 2. The number of ether oxygens (including phenoxy) is 1. The Hall–Kier alpha value is -5.33. The second-order valence-corrected chi connectivity index (χ2v) is 19.3. The largest absolute Gasteiger partial charge is 0.484 e. The summed E-state index contributed by atoms with van der Waals surface area (Å²) in [5.74, 6) is 1.57. The van der Waals surface area contributed by atoms with Crippen LogP contribution in [0.25, 0.3) is 22.6 Å². The summed E-state index contributed by atoms with van der Waals surface area (Å²) in [4.78, 5) is 18.3. The summed E-state index contributed by atoms with van der Waals surface area (Å²) in [5.41, 5.74) is 9.33. The molecule has 67 heavy (non-hydrogen) atoms. The van der Waals surface area contributed by atoms with Gasteiger partial charge < -0.3 is 24.3 Å². The number of fused-ring (bicyclic) bond motifs is 2. The standard InChI is InChI=1S/C54H65Cl2N8O2S/c1-5-64(4,6-2)40-42-19-21-43(22-20-42)45(37-44-27-33-60(3)50-16-10-9-15-49(44)50)38-54-63(51-17-11-12-18-52(51)67-54)34-28-46-39-62(59-58-46)32-14-8-7-13-31-57-53(65)41-66-48-25-23-47(24-26-48)61(35-29-55)36-30-56/h9-12,15-27,33,37-39H,5-8,13-14,28-32,34-36,40-41H2,1-4H3/q+1/p+1. The van der Waals surface area contributed by atoms with E-state index >= 15 is 0 Å². The van der Waals surface area contributed by atoms with Crippen LogP contribution in [-0.2, 0) is 31.4 Å². The van der Waals surface area contributed by atoms with Gasteiger partial charge >= 0.3 is 0 Å². The molecule has 13 heteroatoms. The number of benzene rings is 4. The number of carbonyl (C=O) groups excluding carboxylic acids is 1. The lowest BCUT2D eigenvalue weighted by Gasteiger charge is -2.32. The predicted molar refractivity (Wildman–Crippen MR) is 279 cm³/mol. The molecule has 0 unspecified atom stereocenters. The molecule has 1 aliphatic heterocycles. The maximum Gasteiger partial charge on any atom is 0.257 e. The van der Waals surface area contributed by atoms with Crippen LogP contribution in [0, 0.1) is 0 Å². The van der Waals surface area contributed by atoms with Gasteiger partial charge in [0.25, 0.3) is 5.91 Å². The van der Waals surface area contributed by atoms with Gasteiger partial charge in [0, 0.05) is 85.4 Å². The number of carbonyl (C=O) groups is 1. The van der Waals surface area contributed by atoms with Crippen molar-refractivity contribution >= 4 is 74.8 Å². The van der Waals surface area contributed by atoms with E-state index in [1.165, 1.54) is 48.8 Å². The molecule has 0 saturated heterocycles. The smallest absolute Gasteiger partial charge is 0.257 e. The monoisotopic (exact) mass is 960 g/mol. The van der Waals surface area contributed by atoms with Crippen molar-refractivity contribution in [3.8, 4) is 5.75 Å². The Kier molecular flexibility index (Phi) is 18.2. The van der Waals surface area contributed by atoms with Crippen molar-refractivity contribution in [2.45, 2.75) is 63.9 Å². The molecule has 0 spiro atoms. The quantitative estimate of drug-likeness (QED) is 0.0265. The highest BCUT2D eigenvalue weighted by atomic mass is 35.5. The van der Waals surface area contributed by atoms with Gasteiger partial charge in [-0.3, -0.25) is 9.48 Å². The third-order valence-corrected chi connectivity index (χ3v) is 14.2. The van der Waals surface area contributed by atoms with Gasteiger partial charge in [0.15, 0.2) is 12.8 Å².